The molecule has 0 unspecified atom stereocenters. The van der Waals surface area contributed by atoms with Crippen LogP contribution in [0.5, 0.6) is 0 Å². The molecule has 0 radical (unpaired) electrons. The van der Waals surface area contributed by atoms with Crippen LogP contribution in [0.15, 0.2) is 6.07 Å². The zero-order valence-electron chi connectivity index (χ0n) is 11.8. The number of fused-ring (bicyclic) bond motifs is 1. The van der Waals surface area contributed by atoms with Gasteiger partial charge in [0.2, 0.25) is 5.95 Å². The van der Waals surface area contributed by atoms with Crippen LogP contribution >= 0.6 is 11.3 Å². The maximum atomic E-state index is 5.76. The first-order chi connectivity index (χ1) is 8.95. The molecule has 0 aliphatic heterocycles. The first kappa shape index (κ1) is 14.0. The van der Waals surface area contributed by atoms with E-state index in [4.69, 9.17) is 10.5 Å². The molecule has 0 aromatic carbocycles. The van der Waals surface area contributed by atoms with Crippen LogP contribution in [0, 0.1) is 0 Å². The Morgan fingerprint density at radius 1 is 1.42 bits per heavy atom. The summed E-state index contributed by atoms with van der Waals surface area (Å²) < 4.78 is 5.39. The zero-order chi connectivity index (χ0) is 14.0. The molecule has 0 bridgehead atoms. The minimum Gasteiger partial charge on any atom is -0.377 e. The second kappa shape index (κ2) is 5.30. The topological polar surface area (TPSA) is 73.1 Å². The van der Waals surface area contributed by atoms with Crippen LogP contribution in [0.3, 0.4) is 0 Å². The van der Waals surface area contributed by atoms with Gasteiger partial charge in [-0.25, -0.2) is 4.98 Å². The molecular formula is C13H20N4OS. The number of nitrogens with one attached hydrogen (secondary N) is 1. The number of ether oxygens (including phenoxy) is 1. The van der Waals surface area contributed by atoms with E-state index in [1.165, 1.54) is 4.88 Å². The molecule has 104 valence electrons. The summed E-state index contributed by atoms with van der Waals surface area (Å²) in [6.45, 7) is 6.83. The van der Waals surface area contributed by atoms with Crippen molar-refractivity contribution in [3.05, 3.63) is 10.9 Å². The van der Waals surface area contributed by atoms with E-state index in [1.54, 1.807) is 18.4 Å². The van der Waals surface area contributed by atoms with E-state index in [9.17, 15) is 0 Å². The van der Waals surface area contributed by atoms with Crippen LogP contribution in [0.1, 0.15) is 25.6 Å². The monoisotopic (exact) mass is 280 g/mol. The zero-order valence-corrected chi connectivity index (χ0v) is 12.6. The van der Waals surface area contributed by atoms with Crippen molar-refractivity contribution in [1.82, 2.24) is 9.97 Å². The molecule has 0 atom stereocenters. The Labute approximate surface area is 117 Å². The summed E-state index contributed by atoms with van der Waals surface area (Å²) in [6, 6.07) is 2.13. The third kappa shape index (κ3) is 3.13. The van der Waals surface area contributed by atoms with Crippen molar-refractivity contribution in [2.75, 3.05) is 24.7 Å². The van der Waals surface area contributed by atoms with Gasteiger partial charge in [-0.15, -0.1) is 11.3 Å². The summed E-state index contributed by atoms with van der Waals surface area (Å²) >= 11 is 1.66. The van der Waals surface area contributed by atoms with Gasteiger partial charge in [-0.3, -0.25) is 0 Å². The van der Waals surface area contributed by atoms with Gasteiger partial charge in [0, 0.05) is 18.5 Å². The van der Waals surface area contributed by atoms with Gasteiger partial charge >= 0.3 is 0 Å². The van der Waals surface area contributed by atoms with E-state index in [0.29, 0.717) is 12.5 Å². The number of aromatic nitrogens is 2. The lowest BCUT2D eigenvalue weighted by atomic mass is 10.1. The molecule has 0 spiro atoms. The minimum atomic E-state index is -0.254. The standard InChI is InChI=1S/C13H20N4OS/c1-5-8-6-9-10(15-7-13(2,3)18-4)16-12(14)17-11(9)19-8/h6H,5,7H2,1-4H3,(H3,14,15,16,17). The lowest BCUT2D eigenvalue weighted by Crippen LogP contribution is -2.32. The van der Waals surface area contributed by atoms with E-state index in [1.807, 2.05) is 13.8 Å². The number of aryl methyl sites for hydroxylation is 1. The van der Waals surface area contributed by atoms with Crippen molar-refractivity contribution in [3.8, 4) is 0 Å². The third-order valence-corrected chi connectivity index (χ3v) is 4.22. The molecule has 0 fully saturated rings. The predicted octanol–water partition coefficient (Wildman–Crippen LogP) is 2.67. The fourth-order valence-electron chi connectivity index (χ4n) is 1.67. The van der Waals surface area contributed by atoms with Crippen molar-refractivity contribution >= 4 is 33.3 Å². The van der Waals surface area contributed by atoms with Gasteiger partial charge < -0.3 is 15.8 Å². The molecular weight excluding hydrogens is 260 g/mol. The molecule has 2 aromatic rings. The molecule has 3 N–H and O–H groups in total. The fourth-order valence-corrected chi connectivity index (χ4v) is 2.64. The first-order valence-corrected chi connectivity index (χ1v) is 7.12. The van der Waals surface area contributed by atoms with Crippen LogP contribution in [-0.4, -0.2) is 29.2 Å². The number of anilines is 2. The van der Waals surface area contributed by atoms with E-state index in [-0.39, 0.29) is 5.60 Å². The van der Waals surface area contributed by atoms with Crippen molar-refractivity contribution in [2.24, 2.45) is 0 Å². The van der Waals surface area contributed by atoms with Crippen molar-refractivity contribution in [1.29, 1.82) is 0 Å². The summed E-state index contributed by atoms with van der Waals surface area (Å²) in [4.78, 5) is 10.8. The average molecular weight is 280 g/mol. The second-order valence-electron chi connectivity index (χ2n) is 5.03. The number of methoxy groups -OCH3 is 1. The number of thiophene rings is 1. The Hall–Kier alpha value is -1.40. The van der Waals surface area contributed by atoms with Crippen molar-refractivity contribution < 1.29 is 4.74 Å². The molecule has 0 saturated heterocycles. The minimum absolute atomic E-state index is 0.254. The van der Waals surface area contributed by atoms with Crippen LogP contribution in [0.2, 0.25) is 0 Å². The maximum Gasteiger partial charge on any atom is 0.223 e. The molecule has 0 saturated carbocycles. The van der Waals surface area contributed by atoms with Gasteiger partial charge in [-0.1, -0.05) is 6.92 Å². The van der Waals surface area contributed by atoms with E-state index >= 15 is 0 Å². The normalized spacial score (nSPS) is 12.0. The SMILES string of the molecule is CCc1cc2c(NCC(C)(C)OC)nc(N)nc2s1. The quantitative estimate of drug-likeness (QED) is 0.881. The van der Waals surface area contributed by atoms with Crippen molar-refractivity contribution in [2.45, 2.75) is 32.8 Å². The lowest BCUT2D eigenvalue weighted by Gasteiger charge is -2.23. The highest BCUT2D eigenvalue weighted by Gasteiger charge is 2.17. The van der Waals surface area contributed by atoms with Crippen molar-refractivity contribution in [3.63, 3.8) is 0 Å². The number of hydrogen-bond donors (Lipinski definition) is 2. The van der Waals surface area contributed by atoms with Crippen LogP contribution in [0.25, 0.3) is 10.2 Å². The molecule has 5 nitrogen and oxygen atoms in total. The summed E-state index contributed by atoms with van der Waals surface area (Å²) in [5, 5.41) is 4.34. The molecule has 2 heterocycles. The molecule has 2 aromatic heterocycles. The molecule has 0 amide bonds. The van der Waals surface area contributed by atoms with Gasteiger partial charge in [0.15, 0.2) is 0 Å². The largest absolute Gasteiger partial charge is 0.377 e. The highest BCUT2D eigenvalue weighted by molar-refractivity contribution is 7.18. The van der Waals surface area contributed by atoms with Crippen LogP contribution < -0.4 is 11.1 Å². The number of rotatable bonds is 5. The Kier molecular flexibility index (Phi) is 3.91. The molecule has 2 rings (SSSR count). The number of nitrogens with two attached hydrogens (primary N) is 1. The van der Waals surface area contributed by atoms with Crippen LogP contribution in [0.4, 0.5) is 11.8 Å². The maximum absolute atomic E-state index is 5.76. The Morgan fingerprint density at radius 2 is 2.16 bits per heavy atom. The van der Waals surface area contributed by atoms with Gasteiger partial charge in [0.1, 0.15) is 10.6 Å². The van der Waals surface area contributed by atoms with Gasteiger partial charge in [-0.05, 0) is 26.3 Å². The van der Waals surface area contributed by atoms with E-state index < -0.39 is 0 Å². The summed E-state index contributed by atoms with van der Waals surface area (Å²) in [5.74, 6) is 1.08. The van der Waals surface area contributed by atoms with Gasteiger partial charge in [0.25, 0.3) is 0 Å². The Balaban J connectivity index is 2.33. The number of hydrogen-bond acceptors (Lipinski definition) is 6. The number of nitrogens with zero attached hydrogens (tertiary/aromatic N) is 2. The Bertz CT molecular complexity index is 579. The first-order valence-electron chi connectivity index (χ1n) is 6.30. The molecule has 0 aliphatic carbocycles. The number of nitrogen functional groups attached to an aromatic ring is 1. The van der Waals surface area contributed by atoms with Crippen LogP contribution in [-0.2, 0) is 11.2 Å². The highest BCUT2D eigenvalue weighted by atomic mass is 32.1. The fraction of sp³-hybridized carbons (Fsp3) is 0.538. The highest BCUT2D eigenvalue weighted by Crippen LogP contribution is 2.30. The Morgan fingerprint density at radius 3 is 2.79 bits per heavy atom. The summed E-state index contributed by atoms with van der Waals surface area (Å²) in [7, 11) is 1.70. The van der Waals surface area contributed by atoms with Gasteiger partial charge in [-0.2, -0.15) is 4.98 Å². The molecule has 19 heavy (non-hydrogen) atoms. The lowest BCUT2D eigenvalue weighted by molar-refractivity contribution is 0.0343. The van der Waals surface area contributed by atoms with Gasteiger partial charge in [0.05, 0.1) is 11.0 Å². The predicted molar refractivity (Wildman–Crippen MR) is 80.8 cm³/mol. The van der Waals surface area contributed by atoms with E-state index in [2.05, 4.69) is 28.3 Å². The smallest absolute Gasteiger partial charge is 0.223 e. The molecule has 0 aliphatic rings. The second-order valence-corrected chi connectivity index (χ2v) is 6.15. The van der Waals surface area contributed by atoms with E-state index in [0.717, 1.165) is 22.5 Å². The molecule has 6 heteroatoms. The summed E-state index contributed by atoms with van der Waals surface area (Å²) in [5.41, 5.74) is 5.51. The average Bonchev–Trinajstić information content (AvgIpc) is 2.79. The summed E-state index contributed by atoms with van der Waals surface area (Å²) in [6.07, 6.45) is 0.990. The third-order valence-electron chi connectivity index (χ3n) is 3.04.